The number of ether oxygens (including phenoxy) is 2. The van der Waals surface area contributed by atoms with E-state index in [1.807, 2.05) is 67.6 Å². The van der Waals surface area contributed by atoms with Crippen LogP contribution < -0.4 is 10.1 Å². The molecule has 0 fully saturated rings. The van der Waals surface area contributed by atoms with Gasteiger partial charge in [-0.05, 0) is 48.4 Å². The quantitative estimate of drug-likeness (QED) is 0.447. The Bertz CT molecular complexity index is 1190. The number of rotatable bonds is 8. The van der Waals surface area contributed by atoms with Crippen LogP contribution in [0.5, 0.6) is 5.75 Å². The minimum atomic E-state index is -0.151. The number of nitrogens with one attached hydrogen (secondary N) is 1. The number of benzene rings is 2. The third-order valence-corrected chi connectivity index (χ3v) is 5.00. The zero-order chi connectivity index (χ0) is 21.6. The van der Waals surface area contributed by atoms with Gasteiger partial charge in [-0.25, -0.2) is 0 Å². The van der Waals surface area contributed by atoms with Crippen LogP contribution in [0.1, 0.15) is 32.9 Å². The number of fused-ring (bicyclic) bond motifs is 1. The van der Waals surface area contributed by atoms with Crippen LogP contribution >= 0.6 is 0 Å². The molecule has 2 aromatic carbocycles. The van der Waals surface area contributed by atoms with Gasteiger partial charge in [0.15, 0.2) is 0 Å². The molecule has 4 rings (SSSR count). The highest BCUT2D eigenvalue weighted by molar-refractivity contribution is 5.98. The fourth-order valence-corrected chi connectivity index (χ4v) is 3.37. The molecule has 2 aromatic heterocycles. The Morgan fingerprint density at radius 2 is 1.90 bits per heavy atom. The van der Waals surface area contributed by atoms with Gasteiger partial charge < -0.3 is 19.2 Å². The number of furan rings is 1. The second-order valence-corrected chi connectivity index (χ2v) is 7.25. The van der Waals surface area contributed by atoms with Gasteiger partial charge in [0.2, 0.25) is 0 Å². The SMILES string of the molecule is COc1ccc2cc(C(=O)NCc3cccc(COCc4ccco4)c3)c(C)nc2c1. The fraction of sp³-hybridized carbons (Fsp3) is 0.200. The Morgan fingerprint density at radius 3 is 2.71 bits per heavy atom. The monoisotopic (exact) mass is 416 g/mol. The maximum absolute atomic E-state index is 12.8. The van der Waals surface area contributed by atoms with Crippen molar-refractivity contribution in [2.45, 2.75) is 26.7 Å². The van der Waals surface area contributed by atoms with Crippen molar-refractivity contribution in [2.75, 3.05) is 7.11 Å². The molecule has 0 unspecified atom stereocenters. The summed E-state index contributed by atoms with van der Waals surface area (Å²) in [6, 6.07) is 19.2. The van der Waals surface area contributed by atoms with Gasteiger partial charge in [-0.1, -0.05) is 24.3 Å². The van der Waals surface area contributed by atoms with Gasteiger partial charge in [0.05, 0.1) is 36.8 Å². The Morgan fingerprint density at radius 1 is 1.03 bits per heavy atom. The molecule has 1 N–H and O–H groups in total. The summed E-state index contributed by atoms with van der Waals surface area (Å²) in [7, 11) is 1.62. The van der Waals surface area contributed by atoms with Gasteiger partial charge in [0, 0.05) is 18.0 Å². The van der Waals surface area contributed by atoms with Gasteiger partial charge in [-0.3, -0.25) is 9.78 Å². The second-order valence-electron chi connectivity index (χ2n) is 7.25. The summed E-state index contributed by atoms with van der Waals surface area (Å²) in [5.74, 6) is 1.38. The second kappa shape index (κ2) is 9.45. The summed E-state index contributed by atoms with van der Waals surface area (Å²) >= 11 is 0. The maximum Gasteiger partial charge on any atom is 0.253 e. The Labute approximate surface area is 180 Å². The van der Waals surface area contributed by atoms with Gasteiger partial charge in [-0.2, -0.15) is 0 Å². The molecular weight excluding hydrogens is 392 g/mol. The number of carbonyl (C=O) groups is 1. The third kappa shape index (κ3) is 5.10. The smallest absolute Gasteiger partial charge is 0.253 e. The number of aromatic nitrogens is 1. The van der Waals surface area contributed by atoms with E-state index in [0.717, 1.165) is 33.5 Å². The molecule has 31 heavy (non-hydrogen) atoms. The molecule has 0 aliphatic heterocycles. The van der Waals surface area contributed by atoms with Crippen molar-refractivity contribution in [3.8, 4) is 5.75 Å². The normalized spacial score (nSPS) is 10.9. The predicted octanol–water partition coefficient (Wildman–Crippen LogP) is 4.79. The molecular formula is C25H24N2O4. The number of amides is 1. The standard InChI is InChI=1S/C25H24N2O4/c1-17-23(12-20-8-9-21(29-2)13-24(20)27-17)25(28)26-14-18-5-3-6-19(11-18)15-30-16-22-7-4-10-31-22/h3-13H,14-16H2,1-2H3,(H,26,28). The van der Waals surface area contributed by atoms with Crippen molar-refractivity contribution < 1.29 is 18.7 Å². The lowest BCUT2D eigenvalue weighted by atomic mass is 10.1. The molecule has 0 spiro atoms. The molecule has 2 heterocycles. The minimum absolute atomic E-state index is 0.151. The first-order chi connectivity index (χ1) is 15.1. The average molecular weight is 416 g/mol. The summed E-state index contributed by atoms with van der Waals surface area (Å²) < 4.78 is 16.2. The molecule has 6 heteroatoms. The van der Waals surface area contributed by atoms with E-state index in [-0.39, 0.29) is 5.91 Å². The molecule has 0 aliphatic rings. The largest absolute Gasteiger partial charge is 0.497 e. The zero-order valence-corrected chi connectivity index (χ0v) is 17.6. The van der Waals surface area contributed by atoms with E-state index in [1.165, 1.54) is 0 Å². The Balaban J connectivity index is 1.38. The zero-order valence-electron chi connectivity index (χ0n) is 17.6. The highest BCUT2D eigenvalue weighted by Gasteiger charge is 2.12. The van der Waals surface area contributed by atoms with Crippen molar-refractivity contribution >= 4 is 16.8 Å². The van der Waals surface area contributed by atoms with E-state index in [1.54, 1.807) is 13.4 Å². The number of methoxy groups -OCH3 is 1. The topological polar surface area (TPSA) is 73.6 Å². The van der Waals surface area contributed by atoms with E-state index in [2.05, 4.69) is 10.3 Å². The molecule has 0 bridgehead atoms. The molecule has 0 radical (unpaired) electrons. The van der Waals surface area contributed by atoms with Crippen LogP contribution in [0.2, 0.25) is 0 Å². The van der Waals surface area contributed by atoms with Crippen molar-refractivity contribution in [2.24, 2.45) is 0 Å². The van der Waals surface area contributed by atoms with Crippen LogP contribution in [0.4, 0.5) is 0 Å². The lowest BCUT2D eigenvalue weighted by molar-refractivity contribution is 0.0928. The highest BCUT2D eigenvalue weighted by atomic mass is 16.5. The maximum atomic E-state index is 12.8. The molecule has 158 valence electrons. The Kier molecular flexibility index (Phi) is 6.29. The molecule has 0 saturated heterocycles. The van der Waals surface area contributed by atoms with E-state index in [0.29, 0.717) is 31.0 Å². The highest BCUT2D eigenvalue weighted by Crippen LogP contribution is 2.22. The molecule has 0 saturated carbocycles. The molecule has 4 aromatic rings. The van der Waals surface area contributed by atoms with Crippen LogP contribution in [0.15, 0.2) is 71.3 Å². The van der Waals surface area contributed by atoms with E-state index < -0.39 is 0 Å². The summed E-state index contributed by atoms with van der Waals surface area (Å²) in [5.41, 5.74) is 4.09. The van der Waals surface area contributed by atoms with Crippen LogP contribution in [0, 0.1) is 6.92 Å². The summed E-state index contributed by atoms with van der Waals surface area (Å²) in [5, 5.41) is 3.89. The van der Waals surface area contributed by atoms with Crippen LogP contribution in [0.3, 0.4) is 0 Å². The van der Waals surface area contributed by atoms with Gasteiger partial charge in [0.25, 0.3) is 5.91 Å². The predicted molar refractivity (Wildman–Crippen MR) is 118 cm³/mol. The summed E-state index contributed by atoms with van der Waals surface area (Å²) in [6.45, 7) is 3.16. The molecule has 0 aliphatic carbocycles. The lowest BCUT2D eigenvalue weighted by Gasteiger charge is -2.10. The van der Waals surface area contributed by atoms with Gasteiger partial charge >= 0.3 is 0 Å². The van der Waals surface area contributed by atoms with Crippen LogP contribution in [0.25, 0.3) is 10.9 Å². The van der Waals surface area contributed by atoms with Gasteiger partial charge in [0.1, 0.15) is 18.1 Å². The summed E-state index contributed by atoms with van der Waals surface area (Å²) in [4.78, 5) is 17.3. The summed E-state index contributed by atoms with van der Waals surface area (Å²) in [6.07, 6.45) is 1.63. The fourth-order valence-electron chi connectivity index (χ4n) is 3.37. The van der Waals surface area contributed by atoms with Crippen LogP contribution in [-0.4, -0.2) is 18.0 Å². The first kappa shape index (κ1) is 20.6. The number of carbonyl (C=O) groups excluding carboxylic acids is 1. The number of aryl methyl sites for hydroxylation is 1. The molecule has 0 atom stereocenters. The first-order valence-corrected chi connectivity index (χ1v) is 10.0. The number of hydrogen-bond acceptors (Lipinski definition) is 5. The number of nitrogens with zero attached hydrogens (tertiary/aromatic N) is 1. The lowest BCUT2D eigenvalue weighted by Crippen LogP contribution is -2.24. The van der Waals surface area contributed by atoms with Crippen LogP contribution in [-0.2, 0) is 24.5 Å². The number of hydrogen-bond donors (Lipinski definition) is 1. The number of pyridine rings is 1. The molecule has 1 amide bonds. The minimum Gasteiger partial charge on any atom is -0.497 e. The first-order valence-electron chi connectivity index (χ1n) is 10.0. The Hall–Kier alpha value is -3.64. The van der Waals surface area contributed by atoms with Crippen molar-refractivity contribution in [1.82, 2.24) is 10.3 Å². The average Bonchev–Trinajstić information content (AvgIpc) is 3.30. The van der Waals surface area contributed by atoms with E-state index >= 15 is 0 Å². The third-order valence-electron chi connectivity index (χ3n) is 5.00. The van der Waals surface area contributed by atoms with Crippen molar-refractivity contribution in [1.29, 1.82) is 0 Å². The van der Waals surface area contributed by atoms with E-state index in [4.69, 9.17) is 13.9 Å². The van der Waals surface area contributed by atoms with Crippen molar-refractivity contribution in [3.05, 3.63) is 95.1 Å². The van der Waals surface area contributed by atoms with E-state index in [9.17, 15) is 4.79 Å². The van der Waals surface area contributed by atoms with Gasteiger partial charge in [-0.15, -0.1) is 0 Å². The molecule has 6 nitrogen and oxygen atoms in total. The van der Waals surface area contributed by atoms with Crippen molar-refractivity contribution in [3.63, 3.8) is 0 Å².